The van der Waals surface area contributed by atoms with Crippen molar-refractivity contribution in [2.45, 2.75) is 23.2 Å². The van der Waals surface area contributed by atoms with E-state index in [-0.39, 0.29) is 15.6 Å². The first-order valence-electron chi connectivity index (χ1n) is 10.8. The second-order valence-electron chi connectivity index (χ2n) is 8.05. The van der Waals surface area contributed by atoms with E-state index in [1.807, 2.05) is 0 Å². The maximum Gasteiger partial charge on any atom is 0.422 e. The van der Waals surface area contributed by atoms with Crippen molar-refractivity contribution in [3.8, 4) is 0 Å². The number of carbonyl (C=O) groups excluding carboxylic acids is 2. The standard InChI is InChI=1S/C24H11Cl4F7N2O4S/c1-6(21(38)37-20-18(31)16(29)11(24(33,34)35)17(30)19(20)32)42-8-4-2-3-7(5-8)36-22(39)9-10(23(40)41)13(26)15(28)14(27)12(9)25/h2-6H,1H3,(H,36,39)(H,37,38)(H,40,41). The van der Waals surface area contributed by atoms with Gasteiger partial charge >= 0.3 is 12.1 Å². The van der Waals surface area contributed by atoms with Crippen LogP contribution in [0.1, 0.15) is 33.2 Å². The minimum atomic E-state index is -5.76. The number of hydrogen-bond donors (Lipinski definition) is 3. The number of rotatable bonds is 7. The number of alkyl halides is 3. The highest BCUT2D eigenvalue weighted by Crippen LogP contribution is 2.42. The van der Waals surface area contributed by atoms with Gasteiger partial charge in [0.2, 0.25) is 5.91 Å². The monoisotopic (exact) mass is 696 g/mol. The normalized spacial score (nSPS) is 12.2. The number of benzene rings is 3. The van der Waals surface area contributed by atoms with Crippen LogP contribution in [0.4, 0.5) is 42.1 Å². The second-order valence-corrected chi connectivity index (χ2v) is 11.0. The Bertz CT molecular complexity index is 1610. The van der Waals surface area contributed by atoms with E-state index in [1.54, 1.807) is 0 Å². The molecule has 3 aromatic rings. The van der Waals surface area contributed by atoms with Gasteiger partial charge < -0.3 is 15.7 Å². The molecule has 18 heteroatoms. The van der Waals surface area contributed by atoms with Crippen molar-refractivity contribution >= 4 is 87.3 Å². The van der Waals surface area contributed by atoms with E-state index < -0.39 is 89.9 Å². The summed E-state index contributed by atoms with van der Waals surface area (Å²) in [5, 5.41) is 10.3. The number of aromatic carboxylic acids is 1. The van der Waals surface area contributed by atoms with Crippen molar-refractivity contribution in [3.05, 3.63) is 84.3 Å². The van der Waals surface area contributed by atoms with E-state index in [0.29, 0.717) is 11.8 Å². The fourth-order valence-electron chi connectivity index (χ4n) is 3.36. The van der Waals surface area contributed by atoms with Gasteiger partial charge in [-0.05, 0) is 25.1 Å². The molecule has 3 aromatic carbocycles. The van der Waals surface area contributed by atoms with Crippen molar-refractivity contribution in [2.24, 2.45) is 0 Å². The molecule has 6 nitrogen and oxygen atoms in total. The highest BCUT2D eigenvalue weighted by molar-refractivity contribution is 8.00. The Kier molecular flexibility index (Phi) is 10.2. The molecule has 0 aliphatic carbocycles. The number of anilines is 2. The molecular formula is C24H11Cl4F7N2O4S. The summed E-state index contributed by atoms with van der Waals surface area (Å²) < 4.78 is 94.4. The Labute approximate surface area is 255 Å². The molecule has 0 aromatic heterocycles. The molecule has 0 heterocycles. The van der Waals surface area contributed by atoms with E-state index in [0.717, 1.165) is 0 Å². The van der Waals surface area contributed by atoms with Crippen LogP contribution in [0.5, 0.6) is 0 Å². The van der Waals surface area contributed by atoms with Gasteiger partial charge in [-0.25, -0.2) is 22.4 Å². The van der Waals surface area contributed by atoms with Gasteiger partial charge in [0.25, 0.3) is 5.91 Å². The van der Waals surface area contributed by atoms with Crippen molar-refractivity contribution in [1.29, 1.82) is 0 Å². The molecule has 42 heavy (non-hydrogen) atoms. The highest BCUT2D eigenvalue weighted by atomic mass is 35.5. The molecule has 0 saturated heterocycles. The zero-order valence-corrected chi connectivity index (χ0v) is 24.0. The minimum Gasteiger partial charge on any atom is -0.478 e. The molecule has 224 valence electrons. The molecule has 3 rings (SSSR count). The minimum absolute atomic E-state index is 0.0242. The lowest BCUT2D eigenvalue weighted by molar-refractivity contribution is -0.143. The molecule has 0 radical (unpaired) electrons. The third kappa shape index (κ3) is 6.67. The van der Waals surface area contributed by atoms with Crippen LogP contribution >= 0.6 is 58.2 Å². The van der Waals surface area contributed by atoms with Gasteiger partial charge in [-0.1, -0.05) is 52.5 Å². The Balaban J connectivity index is 1.83. The van der Waals surface area contributed by atoms with E-state index in [1.165, 1.54) is 36.5 Å². The molecular weight excluding hydrogens is 687 g/mol. The first-order valence-corrected chi connectivity index (χ1v) is 13.2. The summed E-state index contributed by atoms with van der Waals surface area (Å²) in [7, 11) is 0. The van der Waals surface area contributed by atoms with Gasteiger partial charge in [0.15, 0.2) is 23.3 Å². The van der Waals surface area contributed by atoms with Crippen molar-refractivity contribution < 1.29 is 50.2 Å². The van der Waals surface area contributed by atoms with Crippen LogP contribution in [-0.4, -0.2) is 28.1 Å². The molecule has 1 atom stereocenters. The van der Waals surface area contributed by atoms with Crippen molar-refractivity contribution in [2.75, 3.05) is 10.6 Å². The van der Waals surface area contributed by atoms with Crippen LogP contribution in [-0.2, 0) is 11.0 Å². The Morgan fingerprint density at radius 3 is 1.86 bits per heavy atom. The Morgan fingerprint density at radius 2 is 1.36 bits per heavy atom. The summed E-state index contributed by atoms with van der Waals surface area (Å²) in [4.78, 5) is 37.4. The van der Waals surface area contributed by atoms with E-state index in [4.69, 9.17) is 46.4 Å². The SMILES string of the molecule is CC(Sc1cccc(NC(=O)c2c(Cl)c(Cl)c(Cl)c(Cl)c2C(=O)O)c1)C(=O)Nc1c(F)c(F)c(C(F)(F)F)c(F)c1F. The summed E-state index contributed by atoms with van der Waals surface area (Å²) in [6.07, 6.45) is -5.76. The van der Waals surface area contributed by atoms with E-state index >= 15 is 0 Å². The number of hydrogen-bond acceptors (Lipinski definition) is 4. The van der Waals surface area contributed by atoms with Crippen LogP contribution in [0.2, 0.25) is 20.1 Å². The molecule has 0 aliphatic heterocycles. The smallest absolute Gasteiger partial charge is 0.422 e. The average Bonchev–Trinajstić information content (AvgIpc) is 2.89. The van der Waals surface area contributed by atoms with Gasteiger partial charge in [-0.3, -0.25) is 9.59 Å². The molecule has 0 aliphatic rings. The first-order chi connectivity index (χ1) is 19.4. The maximum atomic E-state index is 14.2. The first kappa shape index (κ1) is 33.6. The number of carboxylic acids is 1. The lowest BCUT2D eigenvalue weighted by Crippen LogP contribution is -2.25. The Morgan fingerprint density at radius 1 is 0.833 bits per heavy atom. The molecule has 0 spiro atoms. The average molecular weight is 698 g/mol. The molecule has 0 fully saturated rings. The zero-order valence-electron chi connectivity index (χ0n) is 20.1. The molecule has 0 saturated carbocycles. The van der Waals surface area contributed by atoms with Crippen LogP contribution in [0.15, 0.2) is 29.2 Å². The second kappa shape index (κ2) is 12.8. The summed E-state index contributed by atoms with van der Waals surface area (Å²) in [6.45, 7) is 1.19. The molecule has 0 bridgehead atoms. The number of amides is 2. The van der Waals surface area contributed by atoms with Crippen LogP contribution < -0.4 is 10.6 Å². The number of halogens is 11. The number of thioether (sulfide) groups is 1. The van der Waals surface area contributed by atoms with Crippen molar-refractivity contribution in [3.63, 3.8) is 0 Å². The van der Waals surface area contributed by atoms with Gasteiger partial charge in [0.05, 0.1) is 36.5 Å². The molecule has 3 N–H and O–H groups in total. The Hall–Kier alpha value is -2.91. The van der Waals surface area contributed by atoms with Crippen molar-refractivity contribution in [1.82, 2.24) is 0 Å². The van der Waals surface area contributed by atoms with Gasteiger partial charge in [-0.15, -0.1) is 11.8 Å². The lowest BCUT2D eigenvalue weighted by Gasteiger charge is -2.17. The fraction of sp³-hybridized carbons (Fsp3) is 0.125. The zero-order chi connectivity index (χ0) is 31.8. The van der Waals surface area contributed by atoms with Gasteiger partial charge in [0.1, 0.15) is 11.3 Å². The van der Waals surface area contributed by atoms with Crippen LogP contribution in [0.25, 0.3) is 0 Å². The molecule has 1 unspecified atom stereocenters. The predicted octanol–water partition coefficient (Wildman–Crippen LogP) is 8.95. The maximum absolute atomic E-state index is 14.2. The number of nitrogens with one attached hydrogen (secondary N) is 2. The predicted molar refractivity (Wildman–Crippen MR) is 143 cm³/mol. The topological polar surface area (TPSA) is 95.5 Å². The summed E-state index contributed by atoms with van der Waals surface area (Å²) in [5.41, 5.74) is -5.88. The van der Waals surface area contributed by atoms with E-state index in [9.17, 15) is 50.2 Å². The highest BCUT2D eigenvalue weighted by Gasteiger charge is 2.42. The largest absolute Gasteiger partial charge is 0.478 e. The summed E-state index contributed by atoms with van der Waals surface area (Å²) in [5.74, 6) is -14.4. The number of carboxylic acid groups (broad SMARTS) is 1. The quantitative estimate of drug-likeness (QED) is 0.0992. The van der Waals surface area contributed by atoms with Gasteiger partial charge in [-0.2, -0.15) is 13.2 Å². The summed E-state index contributed by atoms with van der Waals surface area (Å²) >= 11 is 24.5. The summed E-state index contributed by atoms with van der Waals surface area (Å²) in [6, 6.07) is 5.41. The van der Waals surface area contributed by atoms with E-state index in [2.05, 4.69) is 5.32 Å². The van der Waals surface area contributed by atoms with Gasteiger partial charge in [0, 0.05) is 10.6 Å². The third-order valence-electron chi connectivity index (χ3n) is 5.28. The molecule has 2 amide bonds. The third-order valence-corrected chi connectivity index (χ3v) is 8.17. The lowest BCUT2D eigenvalue weighted by atomic mass is 10.1. The number of carbonyl (C=O) groups is 3. The fourth-order valence-corrected chi connectivity index (χ4v) is 5.30. The van der Waals surface area contributed by atoms with Crippen LogP contribution in [0.3, 0.4) is 0 Å². The van der Waals surface area contributed by atoms with Crippen LogP contribution in [0, 0.1) is 23.3 Å².